The Morgan fingerprint density at radius 2 is 1.83 bits per heavy atom. The number of halogens is 2. The van der Waals surface area contributed by atoms with Crippen molar-refractivity contribution in [2.45, 2.75) is 31.6 Å². The van der Waals surface area contributed by atoms with E-state index < -0.39 is 0 Å². The molecule has 0 aromatic heterocycles. The molecule has 18 heavy (non-hydrogen) atoms. The van der Waals surface area contributed by atoms with E-state index in [1.165, 1.54) is 0 Å². The molecule has 1 aromatic carbocycles. The first kappa shape index (κ1) is 15.5. The van der Waals surface area contributed by atoms with E-state index in [1.807, 2.05) is 52.1 Å². The van der Waals surface area contributed by atoms with Crippen LogP contribution in [-0.2, 0) is 4.79 Å². The molecule has 2 nitrogen and oxygen atoms in total. The number of benzene rings is 1. The van der Waals surface area contributed by atoms with E-state index >= 15 is 0 Å². The highest BCUT2D eigenvalue weighted by atomic mass is 79.9. The Morgan fingerprint density at radius 1 is 1.28 bits per heavy atom. The summed E-state index contributed by atoms with van der Waals surface area (Å²) >= 11 is 9.60. The monoisotopic (exact) mass is 331 g/mol. The number of carbonyl (C=O) groups is 1. The van der Waals surface area contributed by atoms with Crippen molar-refractivity contribution in [3.8, 4) is 0 Å². The third-order valence-electron chi connectivity index (χ3n) is 3.11. The molecule has 2 atom stereocenters. The first-order valence-electron chi connectivity index (χ1n) is 6.01. The van der Waals surface area contributed by atoms with Crippen molar-refractivity contribution in [2.24, 2.45) is 5.92 Å². The van der Waals surface area contributed by atoms with Crippen molar-refractivity contribution in [3.63, 3.8) is 0 Å². The van der Waals surface area contributed by atoms with Crippen molar-refractivity contribution < 1.29 is 4.79 Å². The molecule has 0 aliphatic rings. The smallest absolute Gasteiger partial charge is 0.236 e. The molecule has 1 amide bonds. The van der Waals surface area contributed by atoms with Crippen LogP contribution in [0.2, 0.25) is 5.02 Å². The maximum absolute atomic E-state index is 12.2. The fourth-order valence-electron chi connectivity index (χ4n) is 1.69. The molecule has 0 bridgehead atoms. The van der Waals surface area contributed by atoms with Gasteiger partial charge in [-0.15, -0.1) is 0 Å². The second-order valence-electron chi connectivity index (χ2n) is 4.79. The van der Waals surface area contributed by atoms with Gasteiger partial charge in [0.15, 0.2) is 0 Å². The number of alkyl halides is 1. The summed E-state index contributed by atoms with van der Waals surface area (Å²) in [7, 11) is 1.81. The zero-order valence-electron chi connectivity index (χ0n) is 11.2. The SMILES string of the molecule is CC(C)C(Br)C(=O)N(C)C(C)c1ccccc1Cl. The summed E-state index contributed by atoms with van der Waals surface area (Å²) in [4.78, 5) is 13.8. The molecule has 0 radical (unpaired) electrons. The molecule has 1 rings (SSSR count). The summed E-state index contributed by atoms with van der Waals surface area (Å²) in [5.74, 6) is 0.343. The standard InChI is InChI=1S/C14H19BrClNO/c1-9(2)13(15)14(18)17(4)10(3)11-7-5-6-8-12(11)16/h5-10,13H,1-4H3. The lowest BCUT2D eigenvalue weighted by atomic mass is 10.1. The third-order valence-corrected chi connectivity index (χ3v) is 4.90. The van der Waals surface area contributed by atoms with Gasteiger partial charge in [0, 0.05) is 12.1 Å². The highest BCUT2D eigenvalue weighted by Gasteiger charge is 2.26. The molecular formula is C14H19BrClNO. The van der Waals surface area contributed by atoms with Gasteiger partial charge in [-0.3, -0.25) is 4.79 Å². The van der Waals surface area contributed by atoms with Gasteiger partial charge in [0.05, 0.1) is 10.9 Å². The fraction of sp³-hybridized carbons (Fsp3) is 0.500. The zero-order chi connectivity index (χ0) is 13.9. The van der Waals surface area contributed by atoms with Gasteiger partial charge in [0.2, 0.25) is 5.91 Å². The molecule has 0 aliphatic heterocycles. The van der Waals surface area contributed by atoms with Gasteiger partial charge >= 0.3 is 0 Å². The van der Waals surface area contributed by atoms with Gasteiger partial charge in [-0.2, -0.15) is 0 Å². The summed E-state index contributed by atoms with van der Waals surface area (Å²) in [5, 5.41) is 0.695. The minimum atomic E-state index is -0.160. The van der Waals surface area contributed by atoms with Gasteiger partial charge < -0.3 is 4.90 Å². The fourth-order valence-corrected chi connectivity index (χ4v) is 2.31. The Bertz CT molecular complexity index is 422. The molecular weight excluding hydrogens is 314 g/mol. The highest BCUT2D eigenvalue weighted by Crippen LogP contribution is 2.28. The predicted molar refractivity (Wildman–Crippen MR) is 80.2 cm³/mol. The predicted octanol–water partition coefficient (Wildman–Crippen LogP) is 4.28. The van der Waals surface area contributed by atoms with E-state index in [0.29, 0.717) is 5.02 Å². The second-order valence-corrected chi connectivity index (χ2v) is 6.19. The molecule has 100 valence electrons. The molecule has 0 heterocycles. The average Bonchev–Trinajstić information content (AvgIpc) is 2.35. The van der Waals surface area contributed by atoms with Crippen molar-refractivity contribution in [1.29, 1.82) is 0 Å². The summed E-state index contributed by atoms with van der Waals surface area (Å²) < 4.78 is 0. The largest absolute Gasteiger partial charge is 0.338 e. The van der Waals surface area contributed by atoms with E-state index in [1.54, 1.807) is 4.90 Å². The van der Waals surface area contributed by atoms with Crippen LogP contribution in [0.4, 0.5) is 0 Å². The van der Waals surface area contributed by atoms with Crippen LogP contribution in [0, 0.1) is 5.92 Å². The van der Waals surface area contributed by atoms with E-state index in [9.17, 15) is 4.79 Å². The number of hydrogen-bond acceptors (Lipinski definition) is 1. The highest BCUT2D eigenvalue weighted by molar-refractivity contribution is 9.10. The van der Waals surface area contributed by atoms with Crippen LogP contribution >= 0.6 is 27.5 Å². The van der Waals surface area contributed by atoms with Crippen LogP contribution in [0.15, 0.2) is 24.3 Å². The molecule has 0 fully saturated rings. The number of amides is 1. The third kappa shape index (κ3) is 3.48. The molecule has 2 unspecified atom stereocenters. The second kappa shape index (κ2) is 6.58. The van der Waals surface area contributed by atoms with Crippen LogP contribution in [-0.4, -0.2) is 22.7 Å². The maximum atomic E-state index is 12.2. The van der Waals surface area contributed by atoms with Crippen molar-refractivity contribution >= 4 is 33.4 Å². The van der Waals surface area contributed by atoms with Crippen LogP contribution in [0.5, 0.6) is 0 Å². The summed E-state index contributed by atoms with van der Waals surface area (Å²) in [6, 6.07) is 7.59. The average molecular weight is 333 g/mol. The van der Waals surface area contributed by atoms with Crippen LogP contribution < -0.4 is 0 Å². The Labute approximate surface area is 122 Å². The van der Waals surface area contributed by atoms with Gasteiger partial charge in [-0.1, -0.05) is 59.6 Å². The van der Waals surface area contributed by atoms with E-state index in [4.69, 9.17) is 11.6 Å². The number of nitrogens with zero attached hydrogens (tertiary/aromatic N) is 1. The van der Waals surface area contributed by atoms with Gasteiger partial charge in [-0.05, 0) is 24.5 Å². The van der Waals surface area contributed by atoms with Gasteiger partial charge in [0.1, 0.15) is 0 Å². The lowest BCUT2D eigenvalue weighted by Crippen LogP contribution is -2.37. The minimum Gasteiger partial charge on any atom is -0.338 e. The van der Waals surface area contributed by atoms with Crippen molar-refractivity contribution in [2.75, 3.05) is 7.05 Å². The van der Waals surface area contributed by atoms with Crippen molar-refractivity contribution in [1.82, 2.24) is 4.90 Å². The molecule has 4 heteroatoms. The Balaban J connectivity index is 2.88. The Morgan fingerprint density at radius 3 is 2.33 bits per heavy atom. The van der Waals surface area contributed by atoms with Gasteiger partial charge in [-0.25, -0.2) is 0 Å². The lowest BCUT2D eigenvalue weighted by Gasteiger charge is -2.29. The van der Waals surface area contributed by atoms with Crippen LogP contribution in [0.3, 0.4) is 0 Å². The summed E-state index contributed by atoms with van der Waals surface area (Å²) in [5.41, 5.74) is 0.971. The van der Waals surface area contributed by atoms with Crippen LogP contribution in [0.1, 0.15) is 32.4 Å². The summed E-state index contributed by atoms with van der Waals surface area (Å²) in [6.07, 6.45) is 0. The first-order valence-corrected chi connectivity index (χ1v) is 7.30. The summed E-state index contributed by atoms with van der Waals surface area (Å²) in [6.45, 7) is 6.02. The topological polar surface area (TPSA) is 20.3 Å². The normalized spacial score (nSPS) is 14.4. The molecule has 0 saturated heterocycles. The Hall–Kier alpha value is -0.540. The van der Waals surface area contributed by atoms with Crippen molar-refractivity contribution in [3.05, 3.63) is 34.9 Å². The number of hydrogen-bond donors (Lipinski definition) is 0. The van der Waals surface area contributed by atoms with Gasteiger partial charge in [0.25, 0.3) is 0 Å². The maximum Gasteiger partial charge on any atom is 0.236 e. The minimum absolute atomic E-state index is 0.0370. The molecule has 0 spiro atoms. The van der Waals surface area contributed by atoms with E-state index in [2.05, 4.69) is 15.9 Å². The lowest BCUT2D eigenvalue weighted by molar-refractivity contribution is -0.131. The number of carbonyl (C=O) groups excluding carboxylic acids is 1. The quantitative estimate of drug-likeness (QED) is 0.754. The molecule has 0 saturated carbocycles. The first-order chi connectivity index (χ1) is 8.36. The Kier molecular flexibility index (Phi) is 5.67. The molecule has 0 aliphatic carbocycles. The molecule has 1 aromatic rings. The number of rotatable bonds is 4. The zero-order valence-corrected chi connectivity index (χ0v) is 13.5. The van der Waals surface area contributed by atoms with Crippen LogP contribution in [0.25, 0.3) is 0 Å². The van der Waals surface area contributed by atoms with E-state index in [-0.39, 0.29) is 22.7 Å². The molecule has 0 N–H and O–H groups in total. The van der Waals surface area contributed by atoms with E-state index in [0.717, 1.165) is 5.56 Å².